The second-order valence-electron chi connectivity index (χ2n) is 16.6. The van der Waals surface area contributed by atoms with Crippen LogP contribution in [0.1, 0.15) is 79.2 Å². The second kappa shape index (κ2) is 20.6. The van der Waals surface area contributed by atoms with E-state index in [2.05, 4.69) is 0 Å². The number of hydrogen-bond donors (Lipinski definition) is 1. The molecule has 0 bridgehead atoms. The van der Waals surface area contributed by atoms with E-state index >= 15 is 0 Å². The number of alkyl halides is 6. The number of nitrogens with zero attached hydrogens (tertiary/aromatic N) is 4. The average Bonchev–Trinajstić information content (AvgIpc) is 3.86. The van der Waals surface area contributed by atoms with Gasteiger partial charge in [0.1, 0.15) is 13.3 Å². The van der Waals surface area contributed by atoms with Crippen LogP contribution in [-0.2, 0) is 9.47 Å². The van der Waals surface area contributed by atoms with Gasteiger partial charge in [-0.15, -0.1) is 0 Å². The monoisotopic (exact) mass is 1030 g/mol. The number of unbranched alkanes of at least 4 members (excludes halogenated alkanes) is 2. The molecule has 3 aromatic carbocycles. The molecule has 4 atom stereocenters. The van der Waals surface area contributed by atoms with E-state index in [9.17, 15) is 14.4 Å². The van der Waals surface area contributed by atoms with Gasteiger partial charge < -0.3 is 48.9 Å². The first-order valence-electron chi connectivity index (χ1n) is 21.3. The average molecular weight is 1030 g/mol. The smallest absolute Gasteiger partial charge is 0.414 e. The van der Waals surface area contributed by atoms with Crippen LogP contribution in [0.3, 0.4) is 0 Å². The van der Waals surface area contributed by atoms with E-state index < -0.39 is 32.4 Å². The number of fused-ring (bicyclic) bond motifs is 4. The number of amides is 3. The highest BCUT2D eigenvalue weighted by atomic mass is 35.6. The number of hydrogen-bond acceptors (Lipinski definition) is 11. The van der Waals surface area contributed by atoms with Crippen molar-refractivity contribution in [1.29, 1.82) is 0 Å². The zero-order chi connectivity index (χ0) is 47.7. The van der Waals surface area contributed by atoms with Crippen LogP contribution >= 0.6 is 69.6 Å². The van der Waals surface area contributed by atoms with Crippen LogP contribution in [0.2, 0.25) is 0 Å². The van der Waals surface area contributed by atoms with Gasteiger partial charge in [0.2, 0.25) is 7.59 Å². The predicted molar refractivity (Wildman–Crippen MR) is 259 cm³/mol. The Hall–Kier alpha value is -4.15. The molecule has 0 saturated heterocycles. The lowest BCUT2D eigenvalue weighted by Crippen LogP contribution is -2.49. The van der Waals surface area contributed by atoms with E-state index in [0.29, 0.717) is 78.6 Å². The van der Waals surface area contributed by atoms with Crippen molar-refractivity contribution in [2.24, 2.45) is 0 Å². The molecule has 3 aromatic rings. The third-order valence-corrected chi connectivity index (χ3v) is 12.7. The molecule has 2 N–H and O–H groups in total. The Morgan fingerprint density at radius 2 is 1.30 bits per heavy atom. The second-order valence-corrected chi connectivity index (χ2v) is 21.6. The summed E-state index contributed by atoms with van der Waals surface area (Å²) in [6.45, 7) is 5.88. The Morgan fingerprint density at radius 3 is 1.89 bits per heavy atom. The first kappa shape index (κ1) is 49.7. The van der Waals surface area contributed by atoms with Crippen LogP contribution in [0.15, 0.2) is 66.5 Å². The molecule has 0 aliphatic carbocycles. The fourth-order valence-corrected chi connectivity index (χ4v) is 9.19. The molecular weight excluding hydrogens is 979 g/mol. The summed E-state index contributed by atoms with van der Waals surface area (Å²) < 4.78 is 31.9. The van der Waals surface area contributed by atoms with E-state index in [0.717, 1.165) is 16.7 Å². The number of rotatable bonds is 15. The SMILES string of the molecule is COc1cc2c(cc1OCCCCCOc1cc3c(cc1OC)C(=O)N1C=C(c4cccc(N)c4)CC1C(C)N3C(=O)OCC(Cl)(Cl)Cl)N(COCC(Cl)(Cl)Cl)C(C)C1CC(C)=CN1C2=O. The molecule has 0 saturated carbocycles. The predicted octanol–water partition coefficient (Wildman–Crippen LogP) is 10.6. The summed E-state index contributed by atoms with van der Waals surface area (Å²) in [7, 11) is 3.00. The van der Waals surface area contributed by atoms with Crippen molar-refractivity contribution >= 4 is 110 Å². The largest absolute Gasteiger partial charge is 0.493 e. The zero-order valence-electron chi connectivity index (χ0n) is 37.0. The number of ether oxygens (including phenoxy) is 6. The highest BCUT2D eigenvalue weighted by Gasteiger charge is 2.45. The van der Waals surface area contributed by atoms with Gasteiger partial charge in [-0.05, 0) is 88.3 Å². The highest BCUT2D eigenvalue weighted by molar-refractivity contribution is 6.68. The van der Waals surface area contributed by atoms with Gasteiger partial charge in [-0.25, -0.2) is 4.79 Å². The molecule has 0 radical (unpaired) electrons. The van der Waals surface area contributed by atoms with Crippen molar-refractivity contribution in [3.05, 3.63) is 83.2 Å². The number of nitrogen functional groups attached to an aromatic ring is 1. The lowest BCUT2D eigenvalue weighted by atomic mass is 9.98. The molecule has 14 nitrogen and oxygen atoms in total. The fraction of sp³-hybridized carbons (Fsp3) is 0.457. The summed E-state index contributed by atoms with van der Waals surface area (Å²) in [5.74, 6) is 0.977. The Balaban J connectivity index is 1.05. The molecule has 4 heterocycles. The maximum Gasteiger partial charge on any atom is 0.414 e. The molecule has 4 aliphatic rings. The fourth-order valence-electron chi connectivity index (χ4n) is 8.80. The summed E-state index contributed by atoms with van der Waals surface area (Å²) in [5.41, 5.74) is 11.0. The highest BCUT2D eigenvalue weighted by Crippen LogP contribution is 2.45. The van der Waals surface area contributed by atoms with E-state index in [1.807, 2.05) is 50.1 Å². The Kier molecular flexibility index (Phi) is 15.5. The van der Waals surface area contributed by atoms with Crippen molar-refractivity contribution in [1.82, 2.24) is 9.80 Å². The van der Waals surface area contributed by atoms with Crippen LogP contribution in [0, 0.1) is 0 Å². The van der Waals surface area contributed by atoms with Crippen LogP contribution < -0.4 is 34.5 Å². The summed E-state index contributed by atoms with van der Waals surface area (Å²) in [6.07, 6.45) is 6.00. The number of carbonyl (C=O) groups excluding carboxylic acids is 3. The van der Waals surface area contributed by atoms with Crippen molar-refractivity contribution in [3.63, 3.8) is 0 Å². The third kappa shape index (κ3) is 11.1. The Labute approximate surface area is 414 Å². The van der Waals surface area contributed by atoms with Crippen LogP contribution in [0.5, 0.6) is 23.0 Å². The molecule has 4 aliphatic heterocycles. The first-order chi connectivity index (χ1) is 31.3. The van der Waals surface area contributed by atoms with Crippen molar-refractivity contribution in [3.8, 4) is 23.0 Å². The van der Waals surface area contributed by atoms with Gasteiger partial charge in [0.05, 0.1) is 74.7 Å². The number of anilines is 3. The minimum atomic E-state index is -1.87. The third-order valence-electron chi connectivity index (χ3n) is 12.0. The van der Waals surface area contributed by atoms with Gasteiger partial charge in [0, 0.05) is 36.3 Å². The van der Waals surface area contributed by atoms with Gasteiger partial charge in [-0.1, -0.05) is 87.3 Å². The molecule has 7 rings (SSSR count). The molecule has 4 unspecified atom stereocenters. The molecular formula is C46H51Cl6N5O9. The molecule has 0 aromatic heterocycles. The van der Waals surface area contributed by atoms with E-state index in [4.69, 9.17) is 104 Å². The lowest BCUT2D eigenvalue weighted by Gasteiger charge is -2.35. The quantitative estimate of drug-likeness (QED) is 0.0882. The van der Waals surface area contributed by atoms with Gasteiger partial charge in [0.25, 0.3) is 11.8 Å². The summed E-state index contributed by atoms with van der Waals surface area (Å²) in [5, 5.41) is 0. The molecule has 20 heteroatoms. The van der Waals surface area contributed by atoms with Crippen LogP contribution in [-0.4, -0.2) is 107 Å². The first-order valence-corrected chi connectivity index (χ1v) is 23.6. The number of methoxy groups -OCH3 is 2. The normalized spacial score (nSPS) is 20.4. The number of nitrogens with two attached hydrogens (primary N) is 1. The van der Waals surface area contributed by atoms with E-state index in [1.54, 1.807) is 46.3 Å². The van der Waals surface area contributed by atoms with Gasteiger partial charge in [-0.2, -0.15) is 0 Å². The van der Waals surface area contributed by atoms with Crippen molar-refractivity contribution in [2.75, 3.05) is 62.9 Å². The van der Waals surface area contributed by atoms with Crippen LogP contribution in [0.4, 0.5) is 21.9 Å². The zero-order valence-corrected chi connectivity index (χ0v) is 41.5. The van der Waals surface area contributed by atoms with Gasteiger partial charge >= 0.3 is 6.09 Å². The topological polar surface area (TPSA) is 146 Å². The maximum absolute atomic E-state index is 14.4. The summed E-state index contributed by atoms with van der Waals surface area (Å²) in [4.78, 5) is 49.1. The molecule has 3 amide bonds. The summed E-state index contributed by atoms with van der Waals surface area (Å²) >= 11 is 35.9. The standard InChI is InChI=1S/C46H51Cl6N5O9/c1-26-14-34-27(2)56(25-63-23-45(47,48)49)36-19-40(38(61-4)17-32(36)42(58)54(34)21-26)64-12-7-6-8-13-65-41-20-37-33(18-39(41)62-5)43(59)55-22-30(29-10-9-11-31(53)15-29)16-35(55)28(3)57(37)44(60)66-24-46(50,51)52/h9-11,15,17-22,27-28,34-35H,6-8,12-14,16,23-25,53H2,1-5H3. The van der Waals surface area contributed by atoms with E-state index in [-0.39, 0.29) is 55.1 Å². The van der Waals surface area contributed by atoms with Gasteiger partial charge in [0.15, 0.2) is 23.0 Å². The maximum atomic E-state index is 14.4. The Morgan fingerprint density at radius 1 is 0.727 bits per heavy atom. The molecule has 0 fully saturated rings. The van der Waals surface area contributed by atoms with Crippen LogP contribution in [0.25, 0.3) is 5.57 Å². The molecule has 66 heavy (non-hydrogen) atoms. The molecule has 0 spiro atoms. The van der Waals surface area contributed by atoms with Gasteiger partial charge in [-0.3, -0.25) is 14.5 Å². The minimum absolute atomic E-state index is 0.0653. The lowest BCUT2D eigenvalue weighted by molar-refractivity contribution is 0.0765. The number of halogens is 6. The minimum Gasteiger partial charge on any atom is -0.493 e. The number of carbonyl (C=O) groups is 3. The van der Waals surface area contributed by atoms with E-state index in [1.165, 1.54) is 19.1 Å². The van der Waals surface area contributed by atoms with Crippen molar-refractivity contribution < 1.29 is 42.8 Å². The van der Waals surface area contributed by atoms with Crippen molar-refractivity contribution in [2.45, 2.75) is 84.6 Å². The summed E-state index contributed by atoms with van der Waals surface area (Å²) in [6, 6.07) is 12.7. The number of benzene rings is 3. The Bertz CT molecular complexity index is 2390. The molecule has 356 valence electrons.